The fraction of sp³-hybridized carbons (Fsp3) is 0.158. The number of carbonyl (C=O) groups is 1. The van der Waals surface area contributed by atoms with Gasteiger partial charge in [0.25, 0.3) is 0 Å². The molecular weight excluding hydrogens is 388 g/mol. The first-order chi connectivity index (χ1) is 12.0. The van der Waals surface area contributed by atoms with E-state index in [4.69, 9.17) is 13.9 Å². The van der Waals surface area contributed by atoms with E-state index in [1.54, 1.807) is 24.3 Å². The number of carbonyl (C=O) groups excluding carboxylic acids is 1. The normalized spacial score (nSPS) is 10.7. The number of hydrogen-bond donors (Lipinski definition) is 0. The lowest BCUT2D eigenvalue weighted by molar-refractivity contribution is 0.101. The molecule has 0 amide bonds. The summed E-state index contributed by atoms with van der Waals surface area (Å²) >= 11 is 3.36. The molecule has 0 saturated heterocycles. The first kappa shape index (κ1) is 17.2. The van der Waals surface area contributed by atoms with Crippen LogP contribution in [0.15, 0.2) is 56.1 Å². The summed E-state index contributed by atoms with van der Waals surface area (Å²) in [5, 5.41) is 0.794. The molecule has 3 rings (SSSR count). The van der Waals surface area contributed by atoms with Gasteiger partial charge in [0, 0.05) is 27.1 Å². The van der Waals surface area contributed by atoms with E-state index in [1.807, 2.05) is 12.1 Å². The fourth-order valence-electron chi connectivity index (χ4n) is 2.48. The zero-order valence-electron chi connectivity index (χ0n) is 13.7. The molecule has 2 aromatic carbocycles. The van der Waals surface area contributed by atoms with E-state index in [0.29, 0.717) is 28.2 Å². The van der Waals surface area contributed by atoms with E-state index >= 15 is 0 Å². The van der Waals surface area contributed by atoms with Crippen molar-refractivity contribution < 1.29 is 18.7 Å². The van der Waals surface area contributed by atoms with Crippen LogP contribution in [0.5, 0.6) is 11.5 Å². The Bertz CT molecular complexity index is 1010. The van der Waals surface area contributed by atoms with Crippen molar-refractivity contribution in [2.45, 2.75) is 13.5 Å². The molecule has 0 fully saturated rings. The Morgan fingerprint density at radius 1 is 1.12 bits per heavy atom. The van der Waals surface area contributed by atoms with E-state index in [1.165, 1.54) is 20.1 Å². The van der Waals surface area contributed by atoms with Gasteiger partial charge in [-0.25, -0.2) is 4.79 Å². The van der Waals surface area contributed by atoms with Crippen LogP contribution in [0.2, 0.25) is 0 Å². The van der Waals surface area contributed by atoms with E-state index < -0.39 is 5.63 Å². The minimum Gasteiger partial charge on any atom is -0.493 e. The Morgan fingerprint density at radius 3 is 2.64 bits per heavy atom. The zero-order valence-corrected chi connectivity index (χ0v) is 15.3. The highest BCUT2D eigenvalue weighted by molar-refractivity contribution is 9.10. The smallest absolute Gasteiger partial charge is 0.336 e. The number of ether oxygens (including phenoxy) is 2. The third-order valence-electron chi connectivity index (χ3n) is 3.75. The fourth-order valence-corrected chi connectivity index (χ4v) is 2.82. The van der Waals surface area contributed by atoms with Gasteiger partial charge in [0.2, 0.25) is 0 Å². The first-order valence-electron chi connectivity index (χ1n) is 7.52. The predicted octanol–water partition coefficient (Wildman–Crippen LogP) is 4.35. The van der Waals surface area contributed by atoms with Crippen LogP contribution in [0.4, 0.5) is 0 Å². The number of hydrogen-bond acceptors (Lipinski definition) is 5. The molecule has 0 aliphatic rings. The van der Waals surface area contributed by atoms with Crippen molar-refractivity contribution in [3.8, 4) is 11.5 Å². The number of fused-ring (bicyclic) bond motifs is 1. The van der Waals surface area contributed by atoms with Gasteiger partial charge in [0.05, 0.1) is 7.11 Å². The molecule has 1 heterocycles. The van der Waals surface area contributed by atoms with Crippen LogP contribution in [0, 0.1) is 0 Å². The van der Waals surface area contributed by atoms with Crippen molar-refractivity contribution in [1.82, 2.24) is 0 Å². The summed E-state index contributed by atoms with van der Waals surface area (Å²) in [7, 11) is 1.51. The van der Waals surface area contributed by atoms with Crippen LogP contribution >= 0.6 is 15.9 Å². The van der Waals surface area contributed by atoms with Crippen molar-refractivity contribution in [1.29, 1.82) is 0 Å². The summed E-state index contributed by atoms with van der Waals surface area (Å²) < 4.78 is 17.1. The Morgan fingerprint density at radius 2 is 1.92 bits per heavy atom. The summed E-state index contributed by atoms with van der Waals surface area (Å²) in [6, 6.07) is 11.9. The standard InChI is InChI=1S/C19H15BrO5/c1-11(21)12-3-6-16(18(7-12)23-2)24-10-13-8-19(22)25-17-9-14(20)4-5-15(13)17/h3-9H,10H2,1-2H3. The number of ketones is 1. The second kappa shape index (κ2) is 7.11. The molecule has 128 valence electrons. The van der Waals surface area contributed by atoms with E-state index in [0.717, 1.165) is 9.86 Å². The maximum Gasteiger partial charge on any atom is 0.336 e. The molecule has 0 spiro atoms. The van der Waals surface area contributed by atoms with Crippen LogP contribution in [0.25, 0.3) is 11.0 Å². The minimum atomic E-state index is -0.442. The van der Waals surface area contributed by atoms with Gasteiger partial charge >= 0.3 is 5.63 Å². The Kier molecular flexibility index (Phi) is 4.90. The molecule has 0 N–H and O–H groups in total. The molecule has 0 atom stereocenters. The number of halogens is 1. The summed E-state index contributed by atoms with van der Waals surface area (Å²) in [4.78, 5) is 23.2. The van der Waals surface area contributed by atoms with Gasteiger partial charge < -0.3 is 13.9 Å². The van der Waals surface area contributed by atoms with Crippen molar-refractivity contribution in [2.24, 2.45) is 0 Å². The highest BCUT2D eigenvalue weighted by Crippen LogP contribution is 2.30. The first-order valence-corrected chi connectivity index (χ1v) is 8.31. The van der Waals surface area contributed by atoms with Crippen molar-refractivity contribution in [3.63, 3.8) is 0 Å². The van der Waals surface area contributed by atoms with E-state index in [2.05, 4.69) is 15.9 Å². The van der Waals surface area contributed by atoms with Gasteiger partial charge in [-0.3, -0.25) is 4.79 Å². The molecule has 25 heavy (non-hydrogen) atoms. The molecule has 1 aromatic heterocycles. The second-order valence-corrected chi connectivity index (χ2v) is 6.36. The third kappa shape index (κ3) is 3.74. The molecule has 0 aliphatic carbocycles. The lowest BCUT2D eigenvalue weighted by atomic mass is 10.1. The Labute approximate surface area is 152 Å². The highest BCUT2D eigenvalue weighted by Gasteiger charge is 2.11. The number of rotatable bonds is 5. The number of benzene rings is 2. The summed E-state index contributed by atoms with van der Waals surface area (Å²) in [5.74, 6) is 0.899. The molecule has 0 saturated carbocycles. The highest BCUT2D eigenvalue weighted by atomic mass is 79.9. The van der Waals surface area contributed by atoms with Crippen LogP contribution < -0.4 is 15.1 Å². The van der Waals surface area contributed by atoms with E-state index in [-0.39, 0.29) is 12.4 Å². The van der Waals surface area contributed by atoms with Crippen LogP contribution in [0.3, 0.4) is 0 Å². The van der Waals surface area contributed by atoms with Crippen molar-refractivity contribution in [3.05, 3.63) is 68.5 Å². The minimum absolute atomic E-state index is 0.0536. The third-order valence-corrected chi connectivity index (χ3v) is 4.24. The van der Waals surface area contributed by atoms with Crippen molar-refractivity contribution in [2.75, 3.05) is 7.11 Å². The van der Waals surface area contributed by atoms with Gasteiger partial charge in [-0.15, -0.1) is 0 Å². The van der Waals surface area contributed by atoms with Crippen molar-refractivity contribution >= 4 is 32.7 Å². The topological polar surface area (TPSA) is 65.7 Å². The average molecular weight is 403 g/mol. The Hall–Kier alpha value is -2.60. The average Bonchev–Trinajstić information content (AvgIpc) is 2.58. The predicted molar refractivity (Wildman–Crippen MR) is 97.5 cm³/mol. The quantitative estimate of drug-likeness (QED) is 0.468. The maximum atomic E-state index is 11.8. The van der Waals surface area contributed by atoms with Gasteiger partial charge in [-0.2, -0.15) is 0 Å². The Balaban J connectivity index is 1.93. The molecule has 3 aromatic rings. The molecule has 5 nitrogen and oxygen atoms in total. The molecule has 0 radical (unpaired) electrons. The van der Waals surface area contributed by atoms with Crippen LogP contribution in [-0.4, -0.2) is 12.9 Å². The van der Waals surface area contributed by atoms with E-state index in [9.17, 15) is 9.59 Å². The summed E-state index contributed by atoms with van der Waals surface area (Å²) in [5.41, 5.74) is 1.29. The monoisotopic (exact) mass is 402 g/mol. The van der Waals surface area contributed by atoms with Crippen LogP contribution in [0.1, 0.15) is 22.8 Å². The largest absolute Gasteiger partial charge is 0.493 e. The molecule has 0 unspecified atom stereocenters. The second-order valence-electron chi connectivity index (χ2n) is 5.44. The lowest BCUT2D eigenvalue weighted by Gasteiger charge is -2.12. The van der Waals surface area contributed by atoms with Gasteiger partial charge in [0.15, 0.2) is 17.3 Å². The lowest BCUT2D eigenvalue weighted by Crippen LogP contribution is -2.05. The number of Topliss-reactive ketones (excluding diaryl/α,β-unsaturated/α-hetero) is 1. The summed E-state index contributed by atoms with van der Waals surface area (Å²) in [6.07, 6.45) is 0. The van der Waals surface area contributed by atoms with Gasteiger partial charge in [-0.05, 0) is 43.3 Å². The molecule has 0 aliphatic heterocycles. The molecular formula is C19H15BrO5. The maximum absolute atomic E-state index is 11.8. The molecule has 0 bridgehead atoms. The summed E-state index contributed by atoms with van der Waals surface area (Å²) in [6.45, 7) is 1.66. The number of methoxy groups -OCH3 is 1. The zero-order chi connectivity index (χ0) is 18.0. The molecule has 6 heteroatoms. The van der Waals surface area contributed by atoms with Gasteiger partial charge in [0.1, 0.15) is 12.2 Å². The van der Waals surface area contributed by atoms with Gasteiger partial charge in [-0.1, -0.05) is 15.9 Å². The van der Waals surface area contributed by atoms with Crippen LogP contribution in [-0.2, 0) is 6.61 Å². The SMILES string of the molecule is COc1cc(C(C)=O)ccc1OCc1cc(=O)oc2cc(Br)ccc12.